The van der Waals surface area contributed by atoms with Crippen molar-refractivity contribution in [3.8, 4) is 0 Å². The van der Waals surface area contributed by atoms with Crippen LogP contribution in [0.1, 0.15) is 118 Å². The average Bonchev–Trinajstić information content (AvgIpc) is 2.92. The summed E-state index contributed by atoms with van der Waals surface area (Å²) in [7, 11) is 0. The summed E-state index contributed by atoms with van der Waals surface area (Å²) in [5, 5.41) is 0. The van der Waals surface area contributed by atoms with Gasteiger partial charge in [0.1, 0.15) is 0 Å². The largest absolute Gasteiger partial charge is 0.377 e. The summed E-state index contributed by atoms with van der Waals surface area (Å²) in [6.45, 7) is 4.45. The van der Waals surface area contributed by atoms with Crippen LogP contribution in [-0.2, 0) is 11.3 Å². The van der Waals surface area contributed by atoms with Crippen LogP contribution in [0.15, 0.2) is 36.4 Å². The molecule has 0 aliphatic heterocycles. The van der Waals surface area contributed by atoms with Gasteiger partial charge in [0.25, 0.3) is 0 Å². The Labute approximate surface area is 219 Å². The molecule has 2 aliphatic carbocycles. The third-order valence-corrected chi connectivity index (χ3v) is 8.48. The summed E-state index contributed by atoms with van der Waals surface area (Å²) in [6.07, 6.45) is 13.0. The summed E-state index contributed by atoms with van der Waals surface area (Å²) in [5.41, 5.74) is 1.53. The fourth-order valence-corrected chi connectivity index (χ4v) is 6.25. The van der Waals surface area contributed by atoms with Crippen LogP contribution in [0.4, 0.5) is 17.6 Å². The fourth-order valence-electron chi connectivity index (χ4n) is 6.25. The van der Waals surface area contributed by atoms with E-state index in [1.807, 2.05) is 6.92 Å². The van der Waals surface area contributed by atoms with E-state index in [9.17, 15) is 8.78 Å². The Balaban J connectivity index is 1.38. The number of benzene rings is 2. The van der Waals surface area contributed by atoms with Crippen molar-refractivity contribution in [3.63, 3.8) is 0 Å². The highest BCUT2D eigenvalue weighted by atomic mass is 19.2. The van der Waals surface area contributed by atoms with E-state index in [4.69, 9.17) is 4.74 Å². The molecule has 0 heterocycles. The lowest BCUT2D eigenvalue weighted by Crippen LogP contribution is -2.17. The Morgan fingerprint density at radius 2 is 1.14 bits per heavy atom. The summed E-state index contributed by atoms with van der Waals surface area (Å²) < 4.78 is 65.0. The van der Waals surface area contributed by atoms with Gasteiger partial charge in [-0.2, -0.15) is 0 Å². The van der Waals surface area contributed by atoms with Gasteiger partial charge in [-0.15, -0.1) is 0 Å². The lowest BCUT2D eigenvalue weighted by atomic mass is 9.74. The van der Waals surface area contributed by atoms with Crippen molar-refractivity contribution in [1.82, 2.24) is 0 Å². The Bertz CT molecular complexity index is 1060. The van der Waals surface area contributed by atoms with Crippen LogP contribution < -0.4 is 0 Å². The van der Waals surface area contributed by atoms with Gasteiger partial charge in [0.2, 0.25) is 0 Å². The average molecular weight is 517 g/mol. The van der Waals surface area contributed by atoms with Crippen molar-refractivity contribution in [2.24, 2.45) is 5.92 Å². The standard InChI is InChI=1S/C32H40F4O/c1-3-5-6-7-21-8-10-22(11-9-21)27-18-19-28(32(36)31(27)35)24-14-12-23(13-15-24)26-17-16-25(20-37-4-2)29(33)30(26)34/h6-7,16-19,21-24H,3-5,8-15,20H2,1-2H3/b7-6+. The van der Waals surface area contributed by atoms with Crippen LogP contribution in [0.3, 0.4) is 0 Å². The second-order valence-electron chi connectivity index (χ2n) is 10.8. The lowest BCUT2D eigenvalue weighted by Gasteiger charge is -2.31. The molecule has 0 bridgehead atoms. The minimum Gasteiger partial charge on any atom is -0.377 e. The monoisotopic (exact) mass is 516 g/mol. The number of allylic oxidation sites excluding steroid dienone is 2. The molecule has 0 saturated heterocycles. The molecule has 2 aromatic rings. The smallest absolute Gasteiger partial charge is 0.164 e. The Hall–Kier alpha value is -2.14. The second kappa shape index (κ2) is 13.1. The van der Waals surface area contributed by atoms with Crippen molar-refractivity contribution in [3.05, 3.63) is 81.9 Å². The lowest BCUT2D eigenvalue weighted by molar-refractivity contribution is 0.131. The molecule has 0 radical (unpaired) electrons. The van der Waals surface area contributed by atoms with Gasteiger partial charge in [-0.05, 0) is 105 Å². The van der Waals surface area contributed by atoms with Crippen LogP contribution in [0.5, 0.6) is 0 Å². The maximum atomic E-state index is 15.3. The summed E-state index contributed by atoms with van der Waals surface area (Å²) in [5.74, 6) is -2.68. The molecular formula is C32H40F4O. The summed E-state index contributed by atoms with van der Waals surface area (Å²) >= 11 is 0. The predicted octanol–water partition coefficient (Wildman–Crippen LogP) is 9.85. The number of halogens is 4. The maximum Gasteiger partial charge on any atom is 0.164 e. The second-order valence-corrected chi connectivity index (χ2v) is 10.8. The van der Waals surface area contributed by atoms with E-state index >= 15 is 8.78 Å². The van der Waals surface area contributed by atoms with Crippen LogP contribution >= 0.6 is 0 Å². The van der Waals surface area contributed by atoms with E-state index in [1.165, 1.54) is 0 Å². The van der Waals surface area contributed by atoms with Crippen LogP contribution in [-0.4, -0.2) is 6.61 Å². The van der Waals surface area contributed by atoms with Crippen LogP contribution in [0.25, 0.3) is 0 Å². The highest BCUT2D eigenvalue weighted by molar-refractivity contribution is 5.33. The molecule has 2 aliphatic rings. The first kappa shape index (κ1) is 27.9. The van der Waals surface area contributed by atoms with Crippen molar-refractivity contribution in [1.29, 1.82) is 0 Å². The number of rotatable bonds is 9. The fraction of sp³-hybridized carbons (Fsp3) is 0.562. The highest BCUT2D eigenvalue weighted by Gasteiger charge is 2.31. The Kier molecular flexibility index (Phi) is 9.86. The molecule has 0 aromatic heterocycles. The third kappa shape index (κ3) is 6.47. The molecule has 0 atom stereocenters. The Morgan fingerprint density at radius 1 is 0.676 bits per heavy atom. The summed E-state index contributed by atoms with van der Waals surface area (Å²) in [4.78, 5) is 0. The molecule has 37 heavy (non-hydrogen) atoms. The number of ether oxygens (including phenoxy) is 1. The van der Waals surface area contributed by atoms with Gasteiger partial charge in [0, 0.05) is 12.2 Å². The first-order valence-electron chi connectivity index (χ1n) is 14.1. The van der Waals surface area contributed by atoms with Crippen LogP contribution in [0.2, 0.25) is 0 Å². The normalized spacial score (nSPS) is 24.6. The topological polar surface area (TPSA) is 9.23 Å². The summed E-state index contributed by atoms with van der Waals surface area (Å²) in [6, 6.07) is 6.82. The van der Waals surface area contributed by atoms with E-state index in [1.54, 1.807) is 24.3 Å². The van der Waals surface area contributed by atoms with Crippen molar-refractivity contribution >= 4 is 0 Å². The SMILES string of the molecule is CCC/C=C/C1CCC(c2ccc(C3CCC(c4ccc(COCC)c(F)c4F)CC3)c(F)c2F)CC1. The van der Waals surface area contributed by atoms with Gasteiger partial charge in [-0.1, -0.05) is 49.8 Å². The molecule has 0 unspecified atom stereocenters. The van der Waals surface area contributed by atoms with Gasteiger partial charge in [0.15, 0.2) is 23.3 Å². The highest BCUT2D eigenvalue weighted by Crippen LogP contribution is 2.44. The molecule has 2 fully saturated rings. The van der Waals surface area contributed by atoms with E-state index < -0.39 is 23.3 Å². The number of unbranched alkanes of at least 4 members (excludes halogenated alkanes) is 1. The molecule has 0 amide bonds. The van der Waals surface area contributed by atoms with Crippen molar-refractivity contribution < 1.29 is 22.3 Å². The number of hydrogen-bond donors (Lipinski definition) is 0. The van der Waals surface area contributed by atoms with E-state index in [-0.39, 0.29) is 29.9 Å². The van der Waals surface area contributed by atoms with Gasteiger partial charge in [0.05, 0.1) is 6.61 Å². The van der Waals surface area contributed by atoms with Gasteiger partial charge in [-0.25, -0.2) is 17.6 Å². The van der Waals surface area contributed by atoms with Crippen molar-refractivity contribution in [2.45, 2.75) is 102 Å². The molecule has 0 N–H and O–H groups in total. The van der Waals surface area contributed by atoms with E-state index in [0.29, 0.717) is 54.9 Å². The van der Waals surface area contributed by atoms with Gasteiger partial charge >= 0.3 is 0 Å². The quantitative estimate of drug-likeness (QED) is 0.238. The number of hydrogen-bond acceptors (Lipinski definition) is 1. The van der Waals surface area contributed by atoms with Crippen LogP contribution in [0, 0.1) is 29.2 Å². The molecule has 2 aromatic carbocycles. The molecule has 4 rings (SSSR count). The van der Waals surface area contributed by atoms with Gasteiger partial charge in [-0.3, -0.25) is 0 Å². The zero-order valence-corrected chi connectivity index (χ0v) is 22.2. The molecular weight excluding hydrogens is 476 g/mol. The van der Waals surface area contributed by atoms with E-state index in [0.717, 1.165) is 38.5 Å². The molecule has 5 heteroatoms. The first-order valence-corrected chi connectivity index (χ1v) is 14.1. The third-order valence-electron chi connectivity index (χ3n) is 8.48. The molecule has 202 valence electrons. The zero-order chi connectivity index (χ0) is 26.4. The maximum absolute atomic E-state index is 15.3. The zero-order valence-electron chi connectivity index (χ0n) is 22.2. The first-order chi connectivity index (χ1) is 17.9. The minimum atomic E-state index is -0.845. The molecule has 0 spiro atoms. The predicted molar refractivity (Wildman–Crippen MR) is 141 cm³/mol. The molecule has 1 nitrogen and oxygen atoms in total. The Morgan fingerprint density at radius 3 is 1.62 bits per heavy atom. The molecule has 2 saturated carbocycles. The van der Waals surface area contributed by atoms with Crippen molar-refractivity contribution in [2.75, 3.05) is 6.61 Å². The van der Waals surface area contributed by atoms with E-state index in [2.05, 4.69) is 19.1 Å². The van der Waals surface area contributed by atoms with Gasteiger partial charge < -0.3 is 4.74 Å². The minimum absolute atomic E-state index is 0.0462.